The van der Waals surface area contributed by atoms with Crippen LogP contribution in [-0.2, 0) is 16.6 Å². The summed E-state index contributed by atoms with van der Waals surface area (Å²) in [5, 5.41) is 0. The number of Topliss-reactive ketones (excluding diaryl/α,β-unsaturated/α-hetero) is 1. The van der Waals surface area contributed by atoms with E-state index in [0.29, 0.717) is 11.7 Å². The Morgan fingerprint density at radius 1 is 1.04 bits per heavy atom. The van der Waals surface area contributed by atoms with Crippen LogP contribution in [0.2, 0.25) is 0 Å². The summed E-state index contributed by atoms with van der Waals surface area (Å²) in [4.78, 5) is 13.0. The lowest BCUT2D eigenvalue weighted by atomic mass is 9.61. The highest BCUT2D eigenvalue weighted by molar-refractivity contribution is 5.94. The molecule has 5 rings (SSSR count). The van der Waals surface area contributed by atoms with Gasteiger partial charge in [-0.15, -0.1) is 0 Å². The van der Waals surface area contributed by atoms with Gasteiger partial charge in [0.1, 0.15) is 5.78 Å². The average molecular weight is 306 g/mol. The van der Waals surface area contributed by atoms with E-state index in [1.165, 1.54) is 55.2 Å². The van der Waals surface area contributed by atoms with Gasteiger partial charge < -0.3 is 0 Å². The average Bonchev–Trinajstić information content (AvgIpc) is 3.21. The van der Waals surface area contributed by atoms with Crippen LogP contribution in [0.1, 0.15) is 80.4 Å². The molecule has 2 bridgehead atoms. The monoisotopic (exact) mass is 306 g/mol. The van der Waals surface area contributed by atoms with E-state index in [1.54, 1.807) is 5.57 Å². The molecule has 4 aliphatic carbocycles. The summed E-state index contributed by atoms with van der Waals surface area (Å²) < 4.78 is 0. The fourth-order valence-corrected chi connectivity index (χ4v) is 5.99. The van der Waals surface area contributed by atoms with E-state index in [9.17, 15) is 4.79 Å². The number of hydrogen-bond donors (Lipinski definition) is 0. The maximum Gasteiger partial charge on any atom is 0.144 e. The molecule has 0 radical (unpaired) electrons. The van der Waals surface area contributed by atoms with Crippen LogP contribution in [0.5, 0.6) is 0 Å². The maximum absolute atomic E-state index is 13.0. The zero-order valence-corrected chi connectivity index (χ0v) is 13.9. The third-order valence-corrected chi connectivity index (χ3v) is 7.21. The van der Waals surface area contributed by atoms with Crippen LogP contribution in [0.3, 0.4) is 0 Å². The topological polar surface area (TPSA) is 17.1 Å². The molecule has 1 spiro atoms. The molecule has 120 valence electrons. The Morgan fingerprint density at radius 2 is 1.91 bits per heavy atom. The van der Waals surface area contributed by atoms with Gasteiger partial charge in [-0.2, -0.15) is 0 Å². The molecule has 0 aromatic heterocycles. The highest BCUT2D eigenvalue weighted by Crippen LogP contribution is 2.57. The Labute approximate surface area is 139 Å². The van der Waals surface area contributed by atoms with Gasteiger partial charge in [0, 0.05) is 6.42 Å². The summed E-state index contributed by atoms with van der Waals surface area (Å²) in [6.07, 6.45) is 14.3. The van der Waals surface area contributed by atoms with Gasteiger partial charge in [0.05, 0.1) is 5.41 Å². The zero-order valence-electron chi connectivity index (χ0n) is 13.9. The van der Waals surface area contributed by atoms with E-state index < -0.39 is 0 Å². The summed E-state index contributed by atoms with van der Waals surface area (Å²) in [7, 11) is 0. The Hall–Kier alpha value is -1.37. The first-order chi connectivity index (χ1) is 11.3. The minimum Gasteiger partial charge on any atom is -0.299 e. The van der Waals surface area contributed by atoms with Crippen molar-refractivity contribution in [1.29, 1.82) is 0 Å². The molecular weight excluding hydrogens is 280 g/mol. The molecule has 2 atom stereocenters. The summed E-state index contributed by atoms with van der Waals surface area (Å²) in [5.41, 5.74) is 5.85. The number of carbonyl (C=O) groups excluding carboxylic acids is 1. The van der Waals surface area contributed by atoms with Crippen molar-refractivity contribution in [3.8, 4) is 0 Å². The molecule has 0 saturated heterocycles. The van der Waals surface area contributed by atoms with Crippen LogP contribution in [0.25, 0.3) is 0 Å². The second-order valence-electron chi connectivity index (χ2n) is 8.32. The highest BCUT2D eigenvalue weighted by atomic mass is 16.1. The molecule has 1 heteroatoms. The second kappa shape index (κ2) is 5.06. The number of carbonyl (C=O) groups is 1. The van der Waals surface area contributed by atoms with Crippen molar-refractivity contribution in [3.63, 3.8) is 0 Å². The van der Waals surface area contributed by atoms with Crippen molar-refractivity contribution in [2.24, 2.45) is 5.92 Å². The lowest BCUT2D eigenvalue weighted by Gasteiger charge is -2.40. The van der Waals surface area contributed by atoms with E-state index in [0.717, 1.165) is 31.6 Å². The van der Waals surface area contributed by atoms with E-state index in [1.807, 2.05) is 0 Å². The van der Waals surface area contributed by atoms with Gasteiger partial charge in [0.15, 0.2) is 0 Å². The number of rotatable bonds is 1. The summed E-state index contributed by atoms with van der Waals surface area (Å²) in [5.74, 6) is 1.84. The van der Waals surface area contributed by atoms with Crippen molar-refractivity contribution in [2.45, 2.75) is 75.5 Å². The maximum atomic E-state index is 13.0. The molecule has 4 aliphatic rings. The van der Waals surface area contributed by atoms with Crippen LogP contribution in [0, 0.1) is 5.92 Å². The first-order valence-corrected chi connectivity index (χ1v) is 9.62. The van der Waals surface area contributed by atoms with E-state index in [-0.39, 0.29) is 5.41 Å². The molecule has 0 aliphatic heterocycles. The van der Waals surface area contributed by atoms with Gasteiger partial charge in [-0.05, 0) is 67.1 Å². The quantitative estimate of drug-likeness (QED) is 0.649. The van der Waals surface area contributed by atoms with Crippen LogP contribution >= 0.6 is 0 Å². The normalized spacial score (nSPS) is 33.1. The molecule has 23 heavy (non-hydrogen) atoms. The Bertz CT molecular complexity index is 692. The highest BCUT2D eigenvalue weighted by Gasteiger charge is 2.55. The first kappa shape index (κ1) is 14.0. The Kier molecular flexibility index (Phi) is 3.08. The number of fused-ring (bicyclic) bond motifs is 5. The number of benzene rings is 1. The molecule has 0 amide bonds. The van der Waals surface area contributed by atoms with Crippen LogP contribution in [0.4, 0.5) is 0 Å². The minimum absolute atomic E-state index is 0.137. The first-order valence-electron chi connectivity index (χ1n) is 9.62. The van der Waals surface area contributed by atoms with E-state index in [4.69, 9.17) is 0 Å². The number of allylic oxidation sites excluding steroid dienone is 2. The third-order valence-electron chi connectivity index (χ3n) is 7.21. The molecule has 1 nitrogen and oxygen atoms in total. The summed E-state index contributed by atoms with van der Waals surface area (Å²) in [6, 6.07) is 7.22. The third kappa shape index (κ3) is 1.95. The lowest BCUT2D eigenvalue weighted by Crippen LogP contribution is -2.43. The van der Waals surface area contributed by atoms with Gasteiger partial charge >= 0.3 is 0 Å². The standard InChI is InChI=1S/C22H26O/c23-21-11-9-17-7-8-18(16-4-2-1-3-5-16)13-20(17)22(21)14-15-6-10-19(22)12-15/h6-8,13,16,19H,1-5,9-12,14H2. The van der Waals surface area contributed by atoms with Gasteiger partial charge in [0.2, 0.25) is 0 Å². The van der Waals surface area contributed by atoms with Crippen molar-refractivity contribution >= 4 is 5.78 Å². The molecule has 2 fully saturated rings. The fourth-order valence-electron chi connectivity index (χ4n) is 5.99. The SMILES string of the molecule is O=C1CCc2ccc(C3CCCCC3)cc2C12CC1=CCC2C1. The van der Waals surface area contributed by atoms with E-state index in [2.05, 4.69) is 24.3 Å². The molecule has 0 heterocycles. The van der Waals surface area contributed by atoms with Crippen LogP contribution in [0.15, 0.2) is 29.8 Å². The molecule has 2 unspecified atom stereocenters. The molecular formula is C22H26O. The Morgan fingerprint density at radius 3 is 2.65 bits per heavy atom. The predicted octanol–water partition coefficient (Wildman–Crippen LogP) is 5.23. The van der Waals surface area contributed by atoms with Gasteiger partial charge in [0.25, 0.3) is 0 Å². The summed E-state index contributed by atoms with van der Waals surface area (Å²) >= 11 is 0. The zero-order chi connectivity index (χ0) is 15.4. The van der Waals surface area contributed by atoms with Gasteiger partial charge in [-0.25, -0.2) is 0 Å². The fraction of sp³-hybridized carbons (Fsp3) is 0.591. The lowest BCUT2D eigenvalue weighted by molar-refractivity contribution is -0.126. The summed E-state index contributed by atoms with van der Waals surface area (Å²) in [6.45, 7) is 0. The van der Waals surface area contributed by atoms with Crippen molar-refractivity contribution < 1.29 is 4.79 Å². The molecule has 2 saturated carbocycles. The molecule has 1 aromatic rings. The van der Waals surface area contributed by atoms with Gasteiger partial charge in [-0.1, -0.05) is 49.1 Å². The van der Waals surface area contributed by atoms with Crippen LogP contribution in [-0.4, -0.2) is 5.78 Å². The Balaban J connectivity index is 1.61. The number of hydrogen-bond acceptors (Lipinski definition) is 1. The minimum atomic E-state index is -0.137. The smallest absolute Gasteiger partial charge is 0.144 e. The predicted molar refractivity (Wildman–Crippen MR) is 92.7 cm³/mol. The molecule has 0 N–H and O–H groups in total. The van der Waals surface area contributed by atoms with E-state index >= 15 is 0 Å². The molecule has 1 aromatic carbocycles. The van der Waals surface area contributed by atoms with Gasteiger partial charge in [-0.3, -0.25) is 4.79 Å². The van der Waals surface area contributed by atoms with Crippen molar-refractivity contribution in [3.05, 3.63) is 46.5 Å². The largest absolute Gasteiger partial charge is 0.299 e. The van der Waals surface area contributed by atoms with Crippen LogP contribution < -0.4 is 0 Å². The number of aryl methyl sites for hydroxylation is 1. The number of ketones is 1. The van der Waals surface area contributed by atoms with Crippen molar-refractivity contribution in [2.75, 3.05) is 0 Å². The van der Waals surface area contributed by atoms with Crippen molar-refractivity contribution in [1.82, 2.24) is 0 Å². The second-order valence-corrected chi connectivity index (χ2v) is 8.32.